The zero-order valence-electron chi connectivity index (χ0n) is 25.5. The van der Waals surface area contributed by atoms with Crippen molar-refractivity contribution < 1.29 is 4.57 Å². The lowest BCUT2D eigenvalue weighted by molar-refractivity contribution is 0.474. The molecule has 0 spiro atoms. The van der Waals surface area contributed by atoms with E-state index < -0.39 is 14.4 Å². The maximum Gasteiger partial charge on any atom is 0.139 e. The fourth-order valence-corrected chi connectivity index (χ4v) is 20.7. The van der Waals surface area contributed by atoms with E-state index in [1.165, 1.54) is 73.1 Å². The van der Waals surface area contributed by atoms with Crippen molar-refractivity contribution in [2.75, 3.05) is 0 Å². The average molecular weight is 563 g/mol. The van der Waals surface area contributed by atoms with Crippen molar-refractivity contribution in [3.63, 3.8) is 0 Å². The van der Waals surface area contributed by atoms with Crippen LogP contribution in [-0.2, 0) is 4.57 Å². The zero-order chi connectivity index (χ0) is 28.1. The number of rotatable bonds is 7. The molecule has 2 aromatic rings. The summed E-state index contributed by atoms with van der Waals surface area (Å²) in [5.41, 5.74) is 3.09. The van der Waals surface area contributed by atoms with E-state index in [1.807, 2.05) is 0 Å². The van der Waals surface area contributed by atoms with E-state index in [-0.39, 0.29) is 10.8 Å². The van der Waals surface area contributed by atoms with Gasteiger partial charge in [-0.2, -0.15) is 0 Å². The fourth-order valence-electron chi connectivity index (χ4n) is 6.67. The average Bonchev–Trinajstić information content (AvgIpc) is 2.92. The van der Waals surface area contributed by atoms with E-state index in [4.69, 9.17) is 0 Å². The molecule has 2 saturated carbocycles. The van der Waals surface area contributed by atoms with Crippen LogP contribution in [0, 0.1) is 10.8 Å². The van der Waals surface area contributed by atoms with Gasteiger partial charge in [0.25, 0.3) is 0 Å². The molecule has 0 aliphatic heterocycles. The van der Waals surface area contributed by atoms with Crippen molar-refractivity contribution >= 4 is 26.6 Å². The van der Waals surface area contributed by atoms with Gasteiger partial charge < -0.3 is 4.57 Å². The van der Waals surface area contributed by atoms with Crippen LogP contribution in [0.25, 0.3) is 12.2 Å². The van der Waals surface area contributed by atoms with Crippen LogP contribution in [0.4, 0.5) is 0 Å². The second kappa shape index (κ2) is 13.0. The normalized spacial score (nSPS) is 21.4. The van der Waals surface area contributed by atoms with Crippen LogP contribution in [0.3, 0.4) is 0 Å². The molecule has 3 heteroatoms. The van der Waals surface area contributed by atoms with E-state index in [9.17, 15) is 0 Å². The van der Waals surface area contributed by atoms with Gasteiger partial charge in [0.1, 0.15) is 6.83 Å². The maximum atomic E-state index is 16.7. The first kappa shape index (κ1) is 30.5. The molecule has 0 aromatic heterocycles. The number of hydrogen-bond acceptors (Lipinski definition) is 1. The lowest BCUT2D eigenvalue weighted by Gasteiger charge is -2.48. The van der Waals surface area contributed by atoms with Gasteiger partial charge in [0.2, 0.25) is 0 Å². The first-order valence-electron chi connectivity index (χ1n) is 15.5. The summed E-state index contributed by atoms with van der Waals surface area (Å²) < 4.78 is 16.7. The Balaban J connectivity index is 2.03. The fraction of sp³-hybridized carbons (Fsp3) is 0.556. The Labute approximate surface area is 241 Å². The quantitative estimate of drug-likeness (QED) is 0.307. The number of hydrogen-bond donors (Lipinski definition) is 0. The molecule has 39 heavy (non-hydrogen) atoms. The zero-order valence-corrected chi connectivity index (χ0v) is 27.2. The summed E-state index contributed by atoms with van der Waals surface area (Å²) in [4.78, 5) is 0. The van der Waals surface area contributed by atoms with Gasteiger partial charge in [0.05, 0.1) is 0 Å². The van der Waals surface area contributed by atoms with Crippen molar-refractivity contribution in [3.8, 4) is 0 Å². The van der Waals surface area contributed by atoms with Gasteiger partial charge in [-0.15, -0.1) is 0 Å². The number of allylic oxidation sites excluding steroid dienone is 2. The second-order valence-electron chi connectivity index (χ2n) is 13.9. The molecule has 0 heterocycles. The Bertz CT molecular complexity index is 1150. The lowest BCUT2D eigenvalue weighted by Crippen LogP contribution is -2.25. The van der Waals surface area contributed by atoms with E-state index in [0.29, 0.717) is 11.3 Å². The molecule has 2 aliphatic carbocycles. The lowest BCUT2D eigenvalue weighted by atomic mass is 9.94. The Morgan fingerprint density at radius 1 is 0.667 bits per heavy atom. The predicted molar refractivity (Wildman–Crippen MR) is 176 cm³/mol. The van der Waals surface area contributed by atoms with E-state index >= 15 is 4.57 Å². The second-order valence-corrected chi connectivity index (χ2v) is 21.4. The van der Waals surface area contributed by atoms with E-state index in [0.717, 1.165) is 12.8 Å². The van der Waals surface area contributed by atoms with Crippen molar-refractivity contribution in [1.29, 1.82) is 0 Å². The molecule has 2 aliphatic rings. The third-order valence-electron chi connectivity index (χ3n) is 8.65. The van der Waals surface area contributed by atoms with Crippen LogP contribution in [0.15, 0.2) is 71.3 Å². The van der Waals surface area contributed by atoms with Crippen molar-refractivity contribution in [2.24, 2.45) is 10.8 Å². The third kappa shape index (κ3) is 7.46. The molecule has 4 rings (SSSR count). The Morgan fingerprint density at radius 3 is 1.59 bits per heavy atom. The largest absolute Gasteiger partial charge is 0.314 e. The van der Waals surface area contributed by atoms with Gasteiger partial charge in [0, 0.05) is 5.66 Å². The summed E-state index contributed by atoms with van der Waals surface area (Å²) in [6.07, 6.45) is 17.2. The van der Waals surface area contributed by atoms with Gasteiger partial charge in [-0.3, -0.25) is 0 Å². The van der Waals surface area contributed by atoms with Gasteiger partial charge >= 0.3 is 0 Å². The summed E-state index contributed by atoms with van der Waals surface area (Å²) in [6, 6.07) is 21.6. The smallest absolute Gasteiger partial charge is 0.139 e. The van der Waals surface area contributed by atoms with Crippen LogP contribution in [0.1, 0.15) is 117 Å². The Hall–Kier alpha value is -1.42. The molecular weight excluding hydrogens is 510 g/mol. The summed E-state index contributed by atoms with van der Waals surface area (Å²) in [5, 5.41) is 2.74. The monoisotopic (exact) mass is 562 g/mol. The van der Waals surface area contributed by atoms with Crippen LogP contribution in [0.5, 0.6) is 0 Å². The molecule has 0 saturated heterocycles. The van der Waals surface area contributed by atoms with Crippen LogP contribution < -0.4 is 0 Å². The third-order valence-corrected chi connectivity index (χ3v) is 20.0. The molecule has 0 unspecified atom stereocenters. The standard InChI is InChI=1S/C36H52OP2/c1-35(2,3)33(27-29-19-11-7-12-20-29)38(31-23-15-9-16-24-31)39(37,32-25-17-10-18-26-32)34(36(4,5)6)28-30-21-13-8-14-22-30/h7-8,11-14,19-22,27-28,31-32H,9-10,15-18,23-26H2,1-6H3/b33-27+,34-28+/t38-,39+/m0/s1. The van der Waals surface area contributed by atoms with Crippen LogP contribution in [-0.4, -0.2) is 11.3 Å². The topological polar surface area (TPSA) is 17.1 Å². The molecule has 2 aromatic carbocycles. The minimum Gasteiger partial charge on any atom is -0.314 e. The minimum absolute atomic E-state index is 0.0426. The van der Waals surface area contributed by atoms with Crippen LogP contribution in [0.2, 0.25) is 0 Å². The van der Waals surface area contributed by atoms with Gasteiger partial charge in [-0.05, 0) is 77.6 Å². The highest BCUT2D eigenvalue weighted by molar-refractivity contribution is 8.37. The molecule has 0 bridgehead atoms. The van der Waals surface area contributed by atoms with E-state index in [2.05, 4.69) is 114 Å². The minimum atomic E-state index is -2.80. The summed E-state index contributed by atoms with van der Waals surface area (Å²) in [6.45, 7) is 11.3. The summed E-state index contributed by atoms with van der Waals surface area (Å²) in [5.74, 6) is 0. The molecule has 212 valence electrons. The van der Waals surface area contributed by atoms with E-state index in [1.54, 1.807) is 0 Å². The molecule has 1 nitrogen and oxygen atoms in total. The van der Waals surface area contributed by atoms with Gasteiger partial charge in [-0.1, -0.05) is 147 Å². The first-order valence-corrected chi connectivity index (χ1v) is 19.3. The molecule has 2 atom stereocenters. The highest BCUT2D eigenvalue weighted by atomic mass is 32.1. The highest BCUT2D eigenvalue weighted by Gasteiger charge is 2.52. The highest BCUT2D eigenvalue weighted by Crippen LogP contribution is 2.92. The van der Waals surface area contributed by atoms with Crippen molar-refractivity contribution in [2.45, 2.75) is 117 Å². The molecule has 2 fully saturated rings. The molecule has 0 amide bonds. The molecular formula is C36H52OP2. The van der Waals surface area contributed by atoms with Crippen LogP contribution >= 0.6 is 14.4 Å². The number of benzene rings is 2. The Kier molecular flexibility index (Phi) is 10.2. The van der Waals surface area contributed by atoms with Crippen molar-refractivity contribution in [3.05, 3.63) is 82.4 Å². The Morgan fingerprint density at radius 2 is 1.13 bits per heavy atom. The van der Waals surface area contributed by atoms with Crippen molar-refractivity contribution in [1.82, 2.24) is 0 Å². The summed E-state index contributed by atoms with van der Waals surface area (Å²) >= 11 is 0. The van der Waals surface area contributed by atoms with Gasteiger partial charge in [0.15, 0.2) is 0 Å². The predicted octanol–water partition coefficient (Wildman–Crippen LogP) is 12.6. The SMILES string of the molecule is CC(C)(C)/C(=C\c1ccccc1)[P@](C1CCCCC1)[P@@](=O)(/C(=C/c1ccccc1)C(C)(C)C)C1CCCCC1. The maximum absolute atomic E-state index is 16.7. The first-order chi connectivity index (χ1) is 18.5. The van der Waals surface area contributed by atoms with Gasteiger partial charge in [-0.25, -0.2) is 0 Å². The molecule has 0 N–H and O–H groups in total. The summed E-state index contributed by atoms with van der Waals surface area (Å²) in [7, 11) is -0.874. The molecule has 0 radical (unpaired) electrons.